The van der Waals surface area contributed by atoms with Crippen LogP contribution in [0.25, 0.3) is 5.65 Å². The van der Waals surface area contributed by atoms with Crippen molar-refractivity contribution in [3.8, 4) is 5.75 Å². The second-order valence-electron chi connectivity index (χ2n) is 6.56. The van der Waals surface area contributed by atoms with Gasteiger partial charge in [0.15, 0.2) is 5.96 Å². The number of pyridine rings is 1. The van der Waals surface area contributed by atoms with Crippen LogP contribution < -0.4 is 10.1 Å². The molecule has 3 aromatic rings. The van der Waals surface area contributed by atoms with Crippen LogP contribution in [0.3, 0.4) is 0 Å². The van der Waals surface area contributed by atoms with Crippen molar-refractivity contribution in [2.24, 2.45) is 4.99 Å². The van der Waals surface area contributed by atoms with Gasteiger partial charge in [0.05, 0.1) is 5.69 Å². The van der Waals surface area contributed by atoms with Crippen LogP contribution >= 0.6 is 24.0 Å². The molecule has 3 rings (SSSR count). The molecule has 0 radical (unpaired) electrons. The molecule has 0 aliphatic heterocycles. The van der Waals surface area contributed by atoms with Gasteiger partial charge < -0.3 is 19.4 Å². The van der Waals surface area contributed by atoms with Crippen molar-refractivity contribution in [3.05, 3.63) is 66.1 Å². The highest BCUT2D eigenvalue weighted by molar-refractivity contribution is 14.0. The molecule has 9 heteroatoms. The summed E-state index contributed by atoms with van der Waals surface area (Å²) in [5.74, 6) is 0.934. The third-order valence-electron chi connectivity index (χ3n) is 4.31. The zero-order valence-electron chi connectivity index (χ0n) is 17.0. The molecule has 162 valence electrons. The number of hydrogen-bond acceptors (Lipinski definition) is 3. The van der Waals surface area contributed by atoms with Gasteiger partial charge in [0.1, 0.15) is 11.4 Å². The standard InChI is InChI=1S/C21H25F2N5O.HI/c1-3-24-21(25-12-11-17-15-28-13-5-4-6-19(28)26-17)27(2)14-16-7-9-18(10-8-16)29-20(22)23;/h4-10,13,15,20H,3,11-12,14H2,1-2H3,(H,24,25);1H. The first-order valence-corrected chi connectivity index (χ1v) is 9.51. The van der Waals surface area contributed by atoms with Gasteiger partial charge >= 0.3 is 6.61 Å². The van der Waals surface area contributed by atoms with Gasteiger partial charge in [-0.1, -0.05) is 18.2 Å². The number of guanidine groups is 1. The molecular weight excluding hydrogens is 503 g/mol. The fraction of sp³-hybridized carbons (Fsp3) is 0.333. The Balaban J connectivity index is 0.00000320. The molecule has 0 spiro atoms. The Labute approximate surface area is 192 Å². The summed E-state index contributed by atoms with van der Waals surface area (Å²) < 4.78 is 30.9. The van der Waals surface area contributed by atoms with E-state index >= 15 is 0 Å². The van der Waals surface area contributed by atoms with Crippen LogP contribution in [0.2, 0.25) is 0 Å². The molecular formula is C21H26F2IN5O. The summed E-state index contributed by atoms with van der Waals surface area (Å²) in [6.45, 7) is 1.15. The van der Waals surface area contributed by atoms with Gasteiger partial charge in [-0.25, -0.2) is 4.98 Å². The maximum atomic E-state index is 12.3. The number of ether oxygens (including phenoxy) is 1. The Bertz CT molecular complexity index is 913. The topological polar surface area (TPSA) is 54.2 Å². The minimum absolute atomic E-state index is 0. The number of nitrogens with zero attached hydrogens (tertiary/aromatic N) is 4. The Morgan fingerprint density at radius 2 is 2.00 bits per heavy atom. The van der Waals surface area contributed by atoms with E-state index < -0.39 is 6.61 Å². The molecule has 0 saturated carbocycles. The Morgan fingerprint density at radius 1 is 1.23 bits per heavy atom. The monoisotopic (exact) mass is 529 g/mol. The van der Waals surface area contributed by atoms with Gasteiger partial charge in [-0.05, 0) is 36.8 Å². The average molecular weight is 529 g/mol. The molecule has 0 aliphatic carbocycles. The molecule has 2 heterocycles. The summed E-state index contributed by atoms with van der Waals surface area (Å²) in [6, 6.07) is 12.5. The SMILES string of the molecule is CCNC(=NCCc1cn2ccccc2n1)N(C)Cc1ccc(OC(F)F)cc1.I. The molecule has 6 nitrogen and oxygen atoms in total. The van der Waals surface area contributed by atoms with Crippen molar-refractivity contribution in [1.29, 1.82) is 0 Å². The first kappa shape index (κ1) is 23.8. The minimum Gasteiger partial charge on any atom is -0.435 e. The van der Waals surface area contributed by atoms with Gasteiger partial charge in [-0.15, -0.1) is 24.0 Å². The predicted molar refractivity (Wildman–Crippen MR) is 125 cm³/mol. The van der Waals surface area contributed by atoms with Crippen LogP contribution in [0.5, 0.6) is 5.75 Å². The van der Waals surface area contributed by atoms with E-state index in [1.165, 1.54) is 0 Å². The van der Waals surface area contributed by atoms with Crippen molar-refractivity contribution < 1.29 is 13.5 Å². The third-order valence-corrected chi connectivity index (χ3v) is 4.31. The molecule has 0 saturated heterocycles. The quantitative estimate of drug-likeness (QED) is 0.270. The van der Waals surface area contributed by atoms with Crippen LogP contribution in [0.4, 0.5) is 8.78 Å². The lowest BCUT2D eigenvalue weighted by molar-refractivity contribution is -0.0498. The maximum Gasteiger partial charge on any atom is 0.387 e. The van der Waals surface area contributed by atoms with Crippen molar-refractivity contribution in [1.82, 2.24) is 19.6 Å². The molecule has 30 heavy (non-hydrogen) atoms. The first-order valence-electron chi connectivity index (χ1n) is 9.51. The van der Waals surface area contributed by atoms with Gasteiger partial charge in [-0.2, -0.15) is 8.78 Å². The summed E-state index contributed by atoms with van der Waals surface area (Å²) in [5, 5.41) is 3.28. The number of aliphatic imine (C=N–C) groups is 1. The van der Waals surface area contributed by atoms with E-state index in [-0.39, 0.29) is 29.7 Å². The lowest BCUT2D eigenvalue weighted by atomic mass is 10.2. The Hall–Kier alpha value is -2.43. The molecule has 1 N–H and O–H groups in total. The summed E-state index contributed by atoms with van der Waals surface area (Å²) >= 11 is 0. The average Bonchev–Trinajstić information content (AvgIpc) is 3.11. The van der Waals surface area contributed by atoms with Crippen LogP contribution in [-0.4, -0.2) is 47.0 Å². The van der Waals surface area contributed by atoms with Gasteiger partial charge in [-0.3, -0.25) is 4.99 Å². The van der Waals surface area contributed by atoms with Crippen molar-refractivity contribution >= 4 is 35.6 Å². The van der Waals surface area contributed by atoms with E-state index in [2.05, 4.69) is 15.0 Å². The first-order chi connectivity index (χ1) is 14.0. The number of fused-ring (bicyclic) bond motifs is 1. The van der Waals surface area contributed by atoms with E-state index in [9.17, 15) is 8.78 Å². The highest BCUT2D eigenvalue weighted by atomic mass is 127. The Morgan fingerprint density at radius 3 is 2.67 bits per heavy atom. The predicted octanol–water partition coefficient (Wildman–Crippen LogP) is 4.19. The van der Waals surface area contributed by atoms with Crippen LogP contribution in [0.15, 0.2) is 59.9 Å². The fourth-order valence-electron chi connectivity index (χ4n) is 2.98. The van der Waals surface area contributed by atoms with E-state index in [4.69, 9.17) is 4.99 Å². The molecule has 0 amide bonds. The fourth-order valence-corrected chi connectivity index (χ4v) is 2.98. The molecule has 0 bridgehead atoms. The third kappa shape index (κ3) is 6.82. The highest BCUT2D eigenvalue weighted by Gasteiger charge is 2.08. The molecule has 1 aromatic carbocycles. The minimum atomic E-state index is -2.82. The zero-order chi connectivity index (χ0) is 20.6. The van der Waals surface area contributed by atoms with Gasteiger partial charge in [0, 0.05) is 45.5 Å². The summed E-state index contributed by atoms with van der Waals surface area (Å²) in [5.41, 5.74) is 2.89. The van der Waals surface area contributed by atoms with Crippen LogP contribution in [0.1, 0.15) is 18.2 Å². The number of imidazole rings is 1. The molecule has 2 aromatic heterocycles. The lowest BCUT2D eigenvalue weighted by Crippen LogP contribution is -2.38. The number of alkyl halides is 2. The summed E-state index contributed by atoms with van der Waals surface area (Å²) in [4.78, 5) is 11.3. The molecule has 0 fully saturated rings. The molecule has 0 unspecified atom stereocenters. The van der Waals surface area contributed by atoms with Crippen molar-refractivity contribution in [2.45, 2.75) is 26.5 Å². The van der Waals surface area contributed by atoms with Crippen molar-refractivity contribution in [2.75, 3.05) is 20.1 Å². The Kier molecular flexibility index (Phi) is 9.28. The van der Waals surface area contributed by atoms with E-state index in [1.54, 1.807) is 24.3 Å². The maximum absolute atomic E-state index is 12.3. The second-order valence-corrected chi connectivity index (χ2v) is 6.56. The van der Waals surface area contributed by atoms with Crippen LogP contribution in [0, 0.1) is 0 Å². The number of hydrogen-bond donors (Lipinski definition) is 1. The number of rotatable bonds is 8. The van der Waals surface area contributed by atoms with Gasteiger partial charge in [0.25, 0.3) is 0 Å². The van der Waals surface area contributed by atoms with Gasteiger partial charge in [0.2, 0.25) is 0 Å². The number of halogens is 3. The number of aromatic nitrogens is 2. The second kappa shape index (κ2) is 11.7. The zero-order valence-corrected chi connectivity index (χ0v) is 19.3. The number of benzene rings is 1. The van der Waals surface area contributed by atoms with Crippen molar-refractivity contribution in [3.63, 3.8) is 0 Å². The molecule has 0 atom stereocenters. The smallest absolute Gasteiger partial charge is 0.387 e. The largest absolute Gasteiger partial charge is 0.435 e. The van der Waals surface area contributed by atoms with Crippen LogP contribution in [-0.2, 0) is 13.0 Å². The lowest BCUT2D eigenvalue weighted by Gasteiger charge is -2.22. The van der Waals surface area contributed by atoms with E-state index in [0.717, 1.165) is 35.8 Å². The van der Waals surface area contributed by atoms with E-state index in [1.807, 2.05) is 53.9 Å². The summed E-state index contributed by atoms with van der Waals surface area (Å²) in [7, 11) is 1.94. The highest BCUT2D eigenvalue weighted by Crippen LogP contribution is 2.15. The molecule has 0 aliphatic rings. The van der Waals surface area contributed by atoms with E-state index in [0.29, 0.717) is 13.1 Å². The normalized spacial score (nSPS) is 11.4. The summed E-state index contributed by atoms with van der Waals surface area (Å²) in [6.07, 6.45) is 4.74. The number of nitrogens with one attached hydrogen (secondary N) is 1.